The maximum absolute atomic E-state index is 12.2. The summed E-state index contributed by atoms with van der Waals surface area (Å²) in [5.41, 5.74) is 5.98. The van der Waals surface area contributed by atoms with Gasteiger partial charge >= 0.3 is 0 Å². The van der Waals surface area contributed by atoms with E-state index in [-0.39, 0.29) is 17.5 Å². The van der Waals surface area contributed by atoms with Gasteiger partial charge in [0.05, 0.1) is 11.9 Å². The Kier molecular flexibility index (Phi) is 3.93. The number of hydrogen-bond donors (Lipinski definition) is 2. The van der Waals surface area contributed by atoms with Crippen molar-refractivity contribution in [3.05, 3.63) is 28.7 Å². The van der Waals surface area contributed by atoms with Crippen LogP contribution in [0.1, 0.15) is 24.8 Å². The lowest BCUT2D eigenvalue weighted by atomic mass is 10.4. The molecule has 104 valence electrons. The third kappa shape index (κ3) is 2.96. The molecule has 0 radical (unpaired) electrons. The second-order valence-electron chi connectivity index (χ2n) is 4.32. The number of nitrogens with zero attached hydrogens (tertiary/aromatic N) is 2. The zero-order valence-electron chi connectivity index (χ0n) is 10.7. The van der Waals surface area contributed by atoms with Gasteiger partial charge in [-0.3, -0.25) is 9.40 Å². The number of aromatic nitrogens is 2. The van der Waals surface area contributed by atoms with E-state index in [2.05, 4.69) is 9.82 Å². The smallest absolute Gasteiger partial charge is 0.263 e. The number of hydrogen-bond acceptors (Lipinski definition) is 5. The van der Waals surface area contributed by atoms with E-state index in [9.17, 15) is 8.42 Å². The molecule has 0 unspecified atom stereocenters. The lowest BCUT2D eigenvalue weighted by molar-refractivity contribution is 0.532. The summed E-state index contributed by atoms with van der Waals surface area (Å²) >= 11 is 1.33. The van der Waals surface area contributed by atoms with Gasteiger partial charge in [-0.1, -0.05) is 0 Å². The molecule has 0 amide bonds. The third-order valence-corrected chi connectivity index (χ3v) is 5.10. The molecule has 6 nitrogen and oxygen atoms in total. The molecule has 0 aliphatic heterocycles. The van der Waals surface area contributed by atoms with Crippen molar-refractivity contribution < 1.29 is 8.42 Å². The summed E-state index contributed by atoms with van der Waals surface area (Å²) in [7, 11) is -3.60. The first-order valence-electron chi connectivity index (χ1n) is 5.77. The summed E-state index contributed by atoms with van der Waals surface area (Å²) in [6, 6.07) is 1.74. The summed E-state index contributed by atoms with van der Waals surface area (Å²) in [5.74, 6) is 0. The van der Waals surface area contributed by atoms with Crippen molar-refractivity contribution in [3.63, 3.8) is 0 Å². The summed E-state index contributed by atoms with van der Waals surface area (Å²) in [6.45, 7) is 4.15. The first kappa shape index (κ1) is 14.0. The normalized spacial score (nSPS) is 12.0. The van der Waals surface area contributed by atoms with E-state index in [1.165, 1.54) is 17.5 Å². The molecule has 0 bridgehead atoms. The Labute approximate surface area is 116 Å². The highest BCUT2D eigenvalue weighted by atomic mass is 32.2. The zero-order valence-corrected chi connectivity index (χ0v) is 12.3. The Morgan fingerprint density at radius 3 is 2.84 bits per heavy atom. The van der Waals surface area contributed by atoms with Crippen LogP contribution in [0.5, 0.6) is 0 Å². The predicted octanol–water partition coefficient (Wildman–Crippen LogP) is 1.78. The molecule has 0 saturated heterocycles. The van der Waals surface area contributed by atoms with Gasteiger partial charge in [0, 0.05) is 23.7 Å². The molecule has 0 spiro atoms. The Bertz CT molecular complexity index is 658. The number of thiophene rings is 1. The van der Waals surface area contributed by atoms with Crippen molar-refractivity contribution in [2.45, 2.75) is 31.3 Å². The van der Waals surface area contributed by atoms with Gasteiger partial charge in [0.25, 0.3) is 10.0 Å². The van der Waals surface area contributed by atoms with Gasteiger partial charge in [-0.05, 0) is 25.3 Å². The Hall–Kier alpha value is -1.38. The minimum atomic E-state index is -3.60. The molecule has 0 aliphatic carbocycles. The number of nitrogens with two attached hydrogens (primary N) is 1. The highest BCUT2D eigenvalue weighted by molar-refractivity contribution is 7.93. The van der Waals surface area contributed by atoms with Gasteiger partial charge in [-0.15, -0.1) is 11.3 Å². The van der Waals surface area contributed by atoms with Crippen LogP contribution in [0.2, 0.25) is 0 Å². The molecule has 0 atom stereocenters. The fourth-order valence-electron chi connectivity index (χ4n) is 1.60. The first-order chi connectivity index (χ1) is 8.94. The van der Waals surface area contributed by atoms with Crippen LogP contribution < -0.4 is 10.5 Å². The van der Waals surface area contributed by atoms with Gasteiger partial charge in [-0.2, -0.15) is 5.10 Å². The molecule has 19 heavy (non-hydrogen) atoms. The summed E-state index contributed by atoms with van der Waals surface area (Å²) < 4.78 is 28.6. The molecule has 8 heteroatoms. The Balaban J connectivity index is 2.26. The molecule has 0 aromatic carbocycles. The van der Waals surface area contributed by atoms with Gasteiger partial charge in [0.2, 0.25) is 0 Å². The van der Waals surface area contributed by atoms with Gasteiger partial charge in [0.1, 0.15) is 4.90 Å². The van der Waals surface area contributed by atoms with Gasteiger partial charge in [-0.25, -0.2) is 8.42 Å². The second kappa shape index (κ2) is 5.32. The highest BCUT2D eigenvalue weighted by Gasteiger charge is 2.19. The SMILES string of the molecule is CC(C)n1cc(NS(=O)(=O)c2ccsc2CN)cn1. The molecule has 2 aromatic rings. The Morgan fingerprint density at radius 1 is 1.53 bits per heavy atom. The van der Waals surface area contributed by atoms with Crippen LogP contribution in [0.3, 0.4) is 0 Å². The molecule has 3 N–H and O–H groups in total. The summed E-state index contributed by atoms with van der Waals surface area (Å²) in [6.07, 6.45) is 3.16. The molecule has 0 saturated carbocycles. The quantitative estimate of drug-likeness (QED) is 0.880. The van der Waals surface area contributed by atoms with Crippen LogP contribution in [0, 0.1) is 0 Å². The lowest BCUT2D eigenvalue weighted by Crippen LogP contribution is -2.14. The van der Waals surface area contributed by atoms with Crippen LogP contribution in [-0.2, 0) is 16.6 Å². The Morgan fingerprint density at radius 2 is 2.26 bits per heavy atom. The molecule has 2 rings (SSSR count). The number of nitrogens with one attached hydrogen (secondary N) is 1. The van der Waals surface area contributed by atoms with E-state index in [0.29, 0.717) is 10.6 Å². The van der Waals surface area contributed by atoms with Crippen LogP contribution in [0.15, 0.2) is 28.7 Å². The highest BCUT2D eigenvalue weighted by Crippen LogP contribution is 2.24. The molecular formula is C11H16N4O2S2. The molecule has 2 aromatic heterocycles. The van der Waals surface area contributed by atoms with Gasteiger partial charge < -0.3 is 5.73 Å². The first-order valence-corrected chi connectivity index (χ1v) is 8.13. The average Bonchev–Trinajstić information content (AvgIpc) is 2.95. The van der Waals surface area contributed by atoms with Crippen LogP contribution in [-0.4, -0.2) is 18.2 Å². The average molecular weight is 300 g/mol. The van der Waals surface area contributed by atoms with Crippen LogP contribution in [0.25, 0.3) is 0 Å². The maximum Gasteiger partial charge on any atom is 0.263 e. The predicted molar refractivity (Wildman–Crippen MR) is 75.6 cm³/mol. The minimum Gasteiger partial charge on any atom is -0.326 e. The summed E-state index contributed by atoms with van der Waals surface area (Å²) in [4.78, 5) is 0.876. The monoisotopic (exact) mass is 300 g/mol. The van der Waals surface area contributed by atoms with Crippen molar-refractivity contribution >= 4 is 27.0 Å². The van der Waals surface area contributed by atoms with E-state index in [1.807, 2.05) is 13.8 Å². The van der Waals surface area contributed by atoms with Crippen molar-refractivity contribution in [3.8, 4) is 0 Å². The van der Waals surface area contributed by atoms with E-state index < -0.39 is 10.0 Å². The maximum atomic E-state index is 12.2. The third-order valence-electron chi connectivity index (χ3n) is 2.56. The lowest BCUT2D eigenvalue weighted by Gasteiger charge is -2.06. The van der Waals surface area contributed by atoms with Crippen molar-refractivity contribution in [2.24, 2.45) is 5.73 Å². The number of sulfonamides is 1. The number of anilines is 1. The second-order valence-corrected chi connectivity index (χ2v) is 6.97. The summed E-state index contributed by atoms with van der Waals surface area (Å²) in [5, 5.41) is 5.81. The standard InChI is InChI=1S/C11H16N4O2S2/c1-8(2)15-7-9(6-13-15)14-19(16,17)11-3-4-18-10(11)5-12/h3-4,6-8,14H,5,12H2,1-2H3. The van der Waals surface area contributed by atoms with Crippen molar-refractivity contribution in [2.75, 3.05) is 4.72 Å². The fourth-order valence-corrected chi connectivity index (χ4v) is 3.96. The van der Waals surface area contributed by atoms with Crippen molar-refractivity contribution in [1.29, 1.82) is 0 Å². The zero-order chi connectivity index (χ0) is 14.0. The number of rotatable bonds is 5. The van der Waals surface area contributed by atoms with E-state index in [1.54, 1.807) is 22.3 Å². The van der Waals surface area contributed by atoms with E-state index in [4.69, 9.17) is 5.73 Å². The molecule has 0 fully saturated rings. The van der Waals surface area contributed by atoms with Crippen LogP contribution >= 0.6 is 11.3 Å². The van der Waals surface area contributed by atoms with E-state index >= 15 is 0 Å². The van der Waals surface area contributed by atoms with Crippen LogP contribution in [0.4, 0.5) is 5.69 Å². The minimum absolute atomic E-state index is 0.180. The molecule has 0 aliphatic rings. The van der Waals surface area contributed by atoms with Crippen molar-refractivity contribution in [1.82, 2.24) is 9.78 Å². The largest absolute Gasteiger partial charge is 0.326 e. The fraction of sp³-hybridized carbons (Fsp3) is 0.364. The van der Waals surface area contributed by atoms with E-state index in [0.717, 1.165) is 0 Å². The van der Waals surface area contributed by atoms with Gasteiger partial charge in [0.15, 0.2) is 0 Å². The topological polar surface area (TPSA) is 90.0 Å². The molecular weight excluding hydrogens is 284 g/mol. The molecule has 2 heterocycles.